The molecular formula is C10H14N2O3. The van der Waals surface area contributed by atoms with Gasteiger partial charge < -0.3 is 5.01 Å². The fraction of sp³-hybridized carbons (Fsp3) is 0.500. The van der Waals surface area contributed by atoms with E-state index in [0.717, 1.165) is 6.08 Å². The molecule has 0 unspecified atom stereocenters. The van der Waals surface area contributed by atoms with Gasteiger partial charge in [-0.2, -0.15) is 0 Å². The van der Waals surface area contributed by atoms with Gasteiger partial charge in [0, 0.05) is 12.6 Å². The molecule has 0 aromatic rings. The van der Waals surface area contributed by atoms with Gasteiger partial charge in [0.05, 0.1) is 6.42 Å². The molecule has 0 radical (unpaired) electrons. The molecule has 5 heteroatoms. The largest absolute Gasteiger partial charge is 0.307 e. The highest BCUT2D eigenvalue weighted by molar-refractivity contribution is 6.48. The van der Waals surface area contributed by atoms with Gasteiger partial charge in [0.15, 0.2) is 5.78 Å². The van der Waals surface area contributed by atoms with Gasteiger partial charge in [-0.25, -0.2) is 5.84 Å². The van der Waals surface area contributed by atoms with Crippen LogP contribution in [0.25, 0.3) is 0 Å². The van der Waals surface area contributed by atoms with E-state index in [4.69, 9.17) is 5.84 Å². The van der Waals surface area contributed by atoms with Gasteiger partial charge in [-0.3, -0.25) is 14.4 Å². The van der Waals surface area contributed by atoms with Gasteiger partial charge in [0.25, 0.3) is 0 Å². The van der Waals surface area contributed by atoms with Crippen molar-refractivity contribution in [2.75, 3.05) is 6.54 Å². The molecule has 15 heavy (non-hydrogen) atoms. The average Bonchev–Trinajstić information content (AvgIpc) is 2.09. The summed E-state index contributed by atoms with van der Waals surface area (Å²) in [6, 6.07) is 0. The summed E-state index contributed by atoms with van der Waals surface area (Å²) in [4.78, 5) is 33.6. The van der Waals surface area contributed by atoms with Gasteiger partial charge in [-0.1, -0.05) is 13.8 Å². The lowest BCUT2D eigenvalue weighted by molar-refractivity contribution is -0.138. The van der Waals surface area contributed by atoms with Crippen LogP contribution < -0.4 is 5.84 Å². The Morgan fingerprint density at radius 3 is 2.53 bits per heavy atom. The number of hydrazine groups is 1. The monoisotopic (exact) mass is 210 g/mol. The first kappa shape index (κ1) is 11.6. The van der Waals surface area contributed by atoms with Crippen LogP contribution in [-0.4, -0.2) is 28.9 Å². The molecule has 0 fully saturated rings. The van der Waals surface area contributed by atoms with Gasteiger partial charge in [-0.15, -0.1) is 0 Å². The summed E-state index contributed by atoms with van der Waals surface area (Å²) in [6.07, 6.45) is 0.809. The van der Waals surface area contributed by atoms with Crippen LogP contribution in [0.3, 0.4) is 0 Å². The van der Waals surface area contributed by atoms with E-state index in [1.165, 1.54) is 5.01 Å². The van der Waals surface area contributed by atoms with E-state index in [9.17, 15) is 14.4 Å². The molecular weight excluding hydrogens is 196 g/mol. The summed E-state index contributed by atoms with van der Waals surface area (Å²) in [7, 11) is 0. The first-order chi connectivity index (χ1) is 6.91. The number of carbonyl (C=O) groups is 3. The van der Waals surface area contributed by atoms with Crippen molar-refractivity contribution in [3.05, 3.63) is 11.8 Å². The van der Waals surface area contributed by atoms with Gasteiger partial charge in [-0.05, 0) is 5.92 Å². The molecule has 0 aromatic carbocycles. The Morgan fingerprint density at radius 2 is 2.00 bits per heavy atom. The lowest BCUT2D eigenvalue weighted by atomic mass is 10.00. The Hall–Kier alpha value is -1.49. The van der Waals surface area contributed by atoms with Crippen LogP contribution in [0, 0.1) is 5.92 Å². The summed E-state index contributed by atoms with van der Waals surface area (Å²) < 4.78 is 0. The van der Waals surface area contributed by atoms with Gasteiger partial charge in [0.1, 0.15) is 5.70 Å². The van der Waals surface area contributed by atoms with Crippen molar-refractivity contribution in [3.63, 3.8) is 0 Å². The molecule has 1 aliphatic carbocycles. The molecule has 0 heterocycles. The third kappa shape index (κ3) is 2.73. The molecule has 0 aromatic heterocycles. The van der Waals surface area contributed by atoms with E-state index in [2.05, 4.69) is 0 Å². The topological polar surface area (TPSA) is 80.5 Å². The van der Waals surface area contributed by atoms with Gasteiger partial charge in [0.2, 0.25) is 11.6 Å². The lowest BCUT2D eigenvalue weighted by Gasteiger charge is -2.23. The van der Waals surface area contributed by atoms with Crippen LogP contribution in [0.2, 0.25) is 0 Å². The number of hydrogen-bond donors (Lipinski definition) is 1. The Kier molecular flexibility index (Phi) is 3.36. The zero-order valence-electron chi connectivity index (χ0n) is 8.82. The van der Waals surface area contributed by atoms with Crippen LogP contribution >= 0.6 is 0 Å². The van der Waals surface area contributed by atoms with E-state index < -0.39 is 11.6 Å². The predicted octanol–water partition coefficient (Wildman–Crippen LogP) is -0.187. The number of rotatable bonds is 3. The zero-order chi connectivity index (χ0) is 11.6. The number of allylic oxidation sites excluding steroid dienone is 2. The standard InChI is InChI=1S/C10H14N2O3/c1-6(2)5-12(11)8-3-7(13)4-9(14)10(8)15/h3,6H,4-5,11H2,1-2H3. The van der Waals surface area contributed by atoms with Crippen LogP contribution in [0.5, 0.6) is 0 Å². The van der Waals surface area contributed by atoms with Crippen molar-refractivity contribution >= 4 is 17.3 Å². The zero-order valence-corrected chi connectivity index (χ0v) is 8.82. The molecule has 0 saturated carbocycles. The average molecular weight is 210 g/mol. The highest BCUT2D eigenvalue weighted by Gasteiger charge is 2.29. The van der Waals surface area contributed by atoms with Crippen molar-refractivity contribution in [2.45, 2.75) is 20.3 Å². The molecule has 2 N–H and O–H groups in total. The van der Waals surface area contributed by atoms with E-state index in [1.807, 2.05) is 13.8 Å². The summed E-state index contributed by atoms with van der Waals surface area (Å²) in [5, 5.41) is 1.17. The van der Waals surface area contributed by atoms with Gasteiger partial charge >= 0.3 is 0 Å². The summed E-state index contributed by atoms with van der Waals surface area (Å²) >= 11 is 0. The van der Waals surface area contributed by atoms with Crippen LogP contribution in [0.1, 0.15) is 20.3 Å². The lowest BCUT2D eigenvalue weighted by Crippen LogP contribution is -2.41. The Labute approximate surface area is 87.9 Å². The van der Waals surface area contributed by atoms with E-state index in [1.54, 1.807) is 0 Å². The van der Waals surface area contributed by atoms with E-state index in [-0.39, 0.29) is 23.8 Å². The minimum atomic E-state index is -0.684. The van der Waals surface area contributed by atoms with Crippen LogP contribution in [0.4, 0.5) is 0 Å². The highest BCUT2D eigenvalue weighted by atomic mass is 16.2. The second-order valence-electron chi connectivity index (χ2n) is 3.97. The molecule has 0 amide bonds. The maximum Gasteiger partial charge on any atom is 0.246 e. The SMILES string of the molecule is CC(C)CN(N)C1=CC(=O)CC(=O)C1=O. The predicted molar refractivity (Wildman–Crippen MR) is 53.5 cm³/mol. The fourth-order valence-electron chi connectivity index (χ4n) is 1.36. The Balaban J connectivity index is 2.87. The number of ketones is 3. The number of carbonyl (C=O) groups excluding carboxylic acids is 3. The summed E-state index contributed by atoms with van der Waals surface area (Å²) in [6.45, 7) is 4.28. The normalized spacial score (nSPS) is 17.1. The highest BCUT2D eigenvalue weighted by Crippen LogP contribution is 2.12. The van der Waals surface area contributed by atoms with E-state index >= 15 is 0 Å². The molecule has 0 saturated heterocycles. The van der Waals surface area contributed by atoms with Crippen LogP contribution in [0.15, 0.2) is 11.8 Å². The van der Waals surface area contributed by atoms with Crippen molar-refractivity contribution in [1.82, 2.24) is 5.01 Å². The quantitative estimate of drug-likeness (QED) is 0.302. The third-order valence-electron chi connectivity index (χ3n) is 1.99. The first-order valence-corrected chi connectivity index (χ1v) is 4.76. The fourth-order valence-corrected chi connectivity index (χ4v) is 1.36. The number of nitrogens with zero attached hydrogens (tertiary/aromatic N) is 1. The van der Waals surface area contributed by atoms with Crippen LogP contribution in [-0.2, 0) is 14.4 Å². The summed E-state index contributed by atoms with van der Waals surface area (Å²) in [5.74, 6) is 4.13. The second kappa shape index (κ2) is 4.35. The second-order valence-corrected chi connectivity index (χ2v) is 3.97. The maximum atomic E-state index is 11.4. The molecule has 82 valence electrons. The van der Waals surface area contributed by atoms with Crippen molar-refractivity contribution in [2.24, 2.45) is 11.8 Å². The molecule has 5 nitrogen and oxygen atoms in total. The molecule has 0 aliphatic heterocycles. The van der Waals surface area contributed by atoms with E-state index in [0.29, 0.717) is 6.54 Å². The molecule has 0 spiro atoms. The minimum Gasteiger partial charge on any atom is -0.307 e. The Bertz CT molecular complexity index is 345. The molecule has 0 atom stereocenters. The third-order valence-corrected chi connectivity index (χ3v) is 1.99. The summed E-state index contributed by atoms with van der Waals surface area (Å²) in [5.41, 5.74) is 0.00458. The van der Waals surface area contributed by atoms with Crippen molar-refractivity contribution in [1.29, 1.82) is 0 Å². The molecule has 0 bridgehead atoms. The number of hydrogen-bond acceptors (Lipinski definition) is 5. The van der Waals surface area contributed by atoms with Crippen molar-refractivity contribution < 1.29 is 14.4 Å². The number of nitrogens with two attached hydrogens (primary N) is 1. The minimum absolute atomic E-state index is 0.00458. The number of Topliss-reactive ketones (excluding diaryl/α,β-unsaturated/α-hetero) is 2. The Morgan fingerprint density at radius 1 is 1.40 bits per heavy atom. The first-order valence-electron chi connectivity index (χ1n) is 4.76. The molecule has 1 aliphatic rings. The molecule has 1 rings (SSSR count). The maximum absolute atomic E-state index is 11.4. The van der Waals surface area contributed by atoms with Crippen molar-refractivity contribution in [3.8, 4) is 0 Å². The smallest absolute Gasteiger partial charge is 0.246 e.